The normalized spacial score (nSPS) is 5.92. The number of hydrogen-bond donors (Lipinski definition) is 0. The Bertz CT molecular complexity index is 114. The Morgan fingerprint density at radius 2 is 1.38 bits per heavy atom. The van der Waals surface area contributed by atoms with E-state index >= 15 is 0 Å². The number of hydrogen-bond acceptors (Lipinski definition) is 0. The van der Waals surface area contributed by atoms with Crippen molar-refractivity contribution in [1.82, 2.24) is 0 Å². The van der Waals surface area contributed by atoms with Crippen LogP contribution in [0.25, 0.3) is 0 Å². The maximum Gasteiger partial charge on any atom is -0.0314 e. The summed E-state index contributed by atoms with van der Waals surface area (Å²) in [6, 6.07) is 0. The van der Waals surface area contributed by atoms with E-state index in [1.807, 2.05) is 27.7 Å². The van der Waals surface area contributed by atoms with Crippen LogP contribution in [-0.4, -0.2) is 0 Å². The van der Waals surface area contributed by atoms with Gasteiger partial charge in [-0.15, -0.1) is 6.58 Å². The van der Waals surface area contributed by atoms with Gasteiger partial charge in [0, 0.05) is 0 Å². The average molecular weight is 184 g/mol. The highest BCUT2D eigenvalue weighted by Gasteiger charge is 1.72. The molecule has 80 valence electrons. The molecule has 0 fully saturated rings. The molecule has 0 aromatic carbocycles. The van der Waals surface area contributed by atoms with Gasteiger partial charge in [0.1, 0.15) is 0 Å². The first-order chi connectivity index (χ1) is 5.54. The Morgan fingerprint density at radius 1 is 1.15 bits per heavy atom. The van der Waals surface area contributed by atoms with Crippen molar-refractivity contribution < 1.29 is 0 Å². The van der Waals surface area contributed by atoms with Crippen molar-refractivity contribution >= 4 is 0 Å². The lowest BCUT2D eigenvalue weighted by Crippen LogP contribution is -1.62. The topological polar surface area (TPSA) is 0 Å². The second-order valence-corrected chi connectivity index (χ2v) is 2.42. The van der Waals surface area contributed by atoms with E-state index in [2.05, 4.69) is 26.7 Å². The Hall–Kier alpha value is -0.780. The van der Waals surface area contributed by atoms with Crippen LogP contribution in [0.5, 0.6) is 0 Å². The molecule has 13 heavy (non-hydrogen) atoms. The van der Waals surface area contributed by atoms with E-state index in [0.717, 1.165) is 12.0 Å². The smallest absolute Gasteiger partial charge is 0.0314 e. The van der Waals surface area contributed by atoms with E-state index in [4.69, 9.17) is 0 Å². The Morgan fingerprint density at radius 3 is 1.38 bits per heavy atom. The molecule has 0 aliphatic carbocycles. The largest absolute Gasteiger partial charge is 0.100 e. The maximum absolute atomic E-state index is 3.67. The summed E-state index contributed by atoms with van der Waals surface area (Å²) in [4.78, 5) is 0. The van der Waals surface area contributed by atoms with Crippen LogP contribution in [-0.2, 0) is 0 Å². The predicted octanol–water partition coefficient (Wildman–Crippen LogP) is 5.38. The van der Waals surface area contributed by atoms with Crippen LogP contribution in [0.1, 0.15) is 48.5 Å². The third kappa shape index (κ3) is 92.0. The molecule has 0 N–H and O–H groups in total. The van der Waals surface area contributed by atoms with Crippen molar-refractivity contribution in [2.45, 2.75) is 48.5 Å². The molecule has 0 aliphatic heterocycles. The molecular formula is C13H28. The van der Waals surface area contributed by atoms with Crippen molar-refractivity contribution in [2.24, 2.45) is 0 Å². The molecular weight excluding hydrogens is 156 g/mol. The second-order valence-electron chi connectivity index (χ2n) is 2.42. The summed E-state index contributed by atoms with van der Waals surface area (Å²) in [5.74, 6) is 0. The molecule has 0 bridgehead atoms. The lowest BCUT2D eigenvalue weighted by molar-refractivity contribution is 1.16. The molecule has 0 rings (SSSR count). The molecule has 0 aromatic heterocycles. The van der Waals surface area contributed by atoms with Gasteiger partial charge in [0.2, 0.25) is 0 Å². The van der Waals surface area contributed by atoms with Gasteiger partial charge in [-0.25, -0.2) is 0 Å². The van der Waals surface area contributed by atoms with Gasteiger partial charge in [0.25, 0.3) is 0 Å². The lowest BCUT2D eigenvalue weighted by Gasteiger charge is -1.83. The first-order valence-electron chi connectivity index (χ1n) is 4.46. The summed E-state index contributed by atoms with van der Waals surface area (Å²) in [7, 11) is 0. The van der Waals surface area contributed by atoms with Gasteiger partial charge in [-0.3, -0.25) is 0 Å². The summed E-state index contributed by atoms with van der Waals surface area (Å²) in [5, 5.41) is 0. The van der Waals surface area contributed by atoms with Crippen molar-refractivity contribution in [3.8, 4) is 0 Å². The number of allylic oxidation sites excluding steroid dienone is 3. The van der Waals surface area contributed by atoms with Gasteiger partial charge < -0.3 is 0 Å². The Balaban J connectivity index is -0.0000000512. The molecule has 0 atom stereocenters. The third-order valence-electron chi connectivity index (χ3n) is 0.743. The van der Waals surface area contributed by atoms with E-state index < -0.39 is 0 Å². The fourth-order valence-electron chi connectivity index (χ4n) is 0.144. The molecule has 0 spiro atoms. The summed E-state index contributed by atoms with van der Waals surface area (Å²) in [5.41, 5.74) is 2.27. The third-order valence-corrected chi connectivity index (χ3v) is 0.743. The van der Waals surface area contributed by atoms with E-state index in [-0.39, 0.29) is 7.43 Å². The van der Waals surface area contributed by atoms with Gasteiger partial charge in [-0.2, -0.15) is 0 Å². The van der Waals surface area contributed by atoms with Gasteiger partial charge in [0.15, 0.2) is 0 Å². The molecule has 0 saturated carbocycles. The lowest BCUT2D eigenvalue weighted by atomic mass is 10.2. The minimum Gasteiger partial charge on any atom is -0.100 e. The fourth-order valence-corrected chi connectivity index (χ4v) is 0.144. The maximum atomic E-state index is 3.67. The first-order valence-corrected chi connectivity index (χ1v) is 4.46. The van der Waals surface area contributed by atoms with Crippen LogP contribution in [0.15, 0.2) is 37.0 Å². The molecule has 0 radical (unpaired) electrons. The molecule has 0 heterocycles. The monoisotopic (exact) mass is 184 g/mol. The van der Waals surface area contributed by atoms with Crippen LogP contribution in [0, 0.1) is 0 Å². The van der Waals surface area contributed by atoms with Crippen molar-refractivity contribution in [3.05, 3.63) is 37.0 Å². The highest BCUT2D eigenvalue weighted by Crippen LogP contribution is 1.93. The predicted molar refractivity (Wildman–Crippen MR) is 68.2 cm³/mol. The number of rotatable bonds is 2. The quantitative estimate of drug-likeness (QED) is 0.399. The van der Waals surface area contributed by atoms with Gasteiger partial charge in [-0.05, 0) is 20.3 Å². The van der Waals surface area contributed by atoms with Gasteiger partial charge in [0.05, 0.1) is 0 Å². The summed E-state index contributed by atoms with van der Waals surface area (Å²) < 4.78 is 0. The minimum atomic E-state index is 0. The zero-order valence-electron chi connectivity index (χ0n) is 9.41. The van der Waals surface area contributed by atoms with E-state index in [0.29, 0.717) is 0 Å². The van der Waals surface area contributed by atoms with Crippen LogP contribution in [0.3, 0.4) is 0 Å². The van der Waals surface area contributed by atoms with Crippen LogP contribution in [0.2, 0.25) is 0 Å². The minimum absolute atomic E-state index is 0. The highest BCUT2D eigenvalue weighted by molar-refractivity contribution is 5.09. The molecule has 0 saturated heterocycles. The first kappa shape index (κ1) is 22.8. The summed E-state index contributed by atoms with van der Waals surface area (Å²) >= 11 is 0. The van der Waals surface area contributed by atoms with Crippen LogP contribution >= 0.6 is 0 Å². The molecule has 0 heteroatoms. The average Bonchev–Trinajstić information content (AvgIpc) is 2.06. The molecule has 0 unspecified atom stereocenters. The van der Waals surface area contributed by atoms with Crippen LogP contribution < -0.4 is 0 Å². The summed E-state index contributed by atoms with van der Waals surface area (Å²) in [6.45, 7) is 20.8. The highest BCUT2D eigenvalue weighted by atomic mass is 13.8. The molecule has 0 nitrogen and oxygen atoms in total. The van der Waals surface area contributed by atoms with E-state index in [1.165, 1.54) is 5.57 Å². The Labute approximate surface area is 86.1 Å². The van der Waals surface area contributed by atoms with E-state index in [9.17, 15) is 0 Å². The second kappa shape index (κ2) is 22.5. The molecule has 0 aliphatic rings. The van der Waals surface area contributed by atoms with E-state index in [1.54, 1.807) is 6.08 Å². The van der Waals surface area contributed by atoms with Crippen LogP contribution in [0.4, 0.5) is 0 Å². The van der Waals surface area contributed by atoms with Crippen molar-refractivity contribution in [2.75, 3.05) is 0 Å². The van der Waals surface area contributed by atoms with Gasteiger partial charge >= 0.3 is 0 Å². The molecule has 0 aromatic rings. The fraction of sp³-hybridized carbons (Fsp3) is 0.538. The standard InChI is InChI=1S/C6H10.C4H8.C2H6.CH4/c1-4-6(3)5-2;1-4(2)3;1-2;/h4H,1,3,5H2,2H3;1H2,2-3H3;1-2H3;1H4. The van der Waals surface area contributed by atoms with Crippen molar-refractivity contribution in [1.29, 1.82) is 0 Å². The zero-order chi connectivity index (χ0) is 10.6. The SMILES string of the molecule is C.C=C(C)C.C=CC(=C)CC.CC. The van der Waals surface area contributed by atoms with Gasteiger partial charge in [-0.1, -0.05) is 58.6 Å². The Kier molecular flexibility index (Phi) is 39.4. The van der Waals surface area contributed by atoms with Crippen molar-refractivity contribution in [3.63, 3.8) is 0 Å². The zero-order valence-corrected chi connectivity index (χ0v) is 9.41. The molecule has 0 amide bonds. The summed E-state index contributed by atoms with van der Waals surface area (Å²) in [6.07, 6.45) is 2.80.